The number of piperidine rings is 1. The van der Waals surface area contributed by atoms with Crippen LogP contribution in [0.1, 0.15) is 42.2 Å². The summed E-state index contributed by atoms with van der Waals surface area (Å²) in [7, 11) is 0. The molecule has 2 amide bonds. The number of esters is 1. The second-order valence-corrected chi connectivity index (χ2v) is 7.46. The molecule has 3 rings (SSSR count). The summed E-state index contributed by atoms with van der Waals surface area (Å²) >= 11 is 0. The molecule has 8 nitrogen and oxygen atoms in total. The summed E-state index contributed by atoms with van der Waals surface area (Å²) in [6.45, 7) is 3.88. The fourth-order valence-electron chi connectivity index (χ4n) is 3.64. The zero-order valence-electron chi connectivity index (χ0n) is 17.8. The van der Waals surface area contributed by atoms with Crippen molar-refractivity contribution in [2.24, 2.45) is 5.92 Å². The van der Waals surface area contributed by atoms with Crippen molar-refractivity contribution in [1.29, 1.82) is 0 Å². The lowest BCUT2D eigenvalue weighted by molar-refractivity contribution is -0.151. The molecule has 2 heterocycles. The minimum Gasteiger partial charge on any atom is -0.466 e. The molecule has 0 N–H and O–H groups in total. The molecule has 1 aliphatic heterocycles. The van der Waals surface area contributed by atoms with E-state index in [9.17, 15) is 14.4 Å². The van der Waals surface area contributed by atoms with Crippen LogP contribution in [-0.4, -0.2) is 63.8 Å². The van der Waals surface area contributed by atoms with E-state index in [4.69, 9.17) is 4.74 Å². The number of likely N-dealkylation sites (tertiary alicyclic amines) is 1. The average Bonchev–Trinajstić information content (AvgIpc) is 2.82. The van der Waals surface area contributed by atoms with Gasteiger partial charge in [0, 0.05) is 45.0 Å². The van der Waals surface area contributed by atoms with E-state index in [1.54, 1.807) is 16.7 Å². The molecule has 2 aromatic rings. The van der Waals surface area contributed by atoms with Gasteiger partial charge >= 0.3 is 5.97 Å². The fourth-order valence-corrected chi connectivity index (χ4v) is 3.64. The number of benzene rings is 1. The molecule has 1 fully saturated rings. The molecule has 0 unspecified atom stereocenters. The molecule has 0 atom stereocenters. The van der Waals surface area contributed by atoms with Crippen molar-refractivity contribution in [3.05, 3.63) is 60.2 Å². The van der Waals surface area contributed by atoms with Crippen molar-refractivity contribution in [2.45, 2.75) is 32.7 Å². The predicted octanol–water partition coefficient (Wildman–Crippen LogP) is 2.31. The predicted molar refractivity (Wildman–Crippen MR) is 114 cm³/mol. The number of rotatable bonds is 8. The highest BCUT2D eigenvalue weighted by molar-refractivity contribution is 5.92. The number of aromatic nitrogens is 2. The molecular weight excluding hydrogens is 396 g/mol. The van der Waals surface area contributed by atoms with Crippen LogP contribution >= 0.6 is 0 Å². The van der Waals surface area contributed by atoms with E-state index in [0.29, 0.717) is 39.1 Å². The van der Waals surface area contributed by atoms with Gasteiger partial charge in [-0.15, -0.1) is 0 Å². The molecule has 1 aromatic heterocycles. The molecule has 0 saturated carbocycles. The number of hydrogen-bond acceptors (Lipinski definition) is 6. The third-order valence-corrected chi connectivity index (χ3v) is 5.35. The average molecular weight is 425 g/mol. The van der Waals surface area contributed by atoms with E-state index in [1.165, 1.54) is 18.6 Å². The summed E-state index contributed by atoms with van der Waals surface area (Å²) in [6.07, 6.45) is 5.85. The lowest BCUT2D eigenvalue weighted by Gasteiger charge is -2.31. The number of nitrogens with zero attached hydrogens (tertiary/aromatic N) is 4. The lowest BCUT2D eigenvalue weighted by atomic mass is 9.97. The van der Waals surface area contributed by atoms with Gasteiger partial charge in [-0.25, -0.2) is 4.98 Å². The summed E-state index contributed by atoms with van der Waals surface area (Å²) < 4.78 is 5.08. The Hall–Kier alpha value is -3.29. The van der Waals surface area contributed by atoms with Crippen molar-refractivity contribution >= 4 is 17.8 Å². The first-order chi connectivity index (χ1) is 15.1. The summed E-state index contributed by atoms with van der Waals surface area (Å²) in [5.74, 6) is -0.604. The normalized spacial score (nSPS) is 14.2. The largest absolute Gasteiger partial charge is 0.466 e. The number of hydrogen-bond donors (Lipinski definition) is 0. The Labute approximate surface area is 182 Å². The summed E-state index contributed by atoms with van der Waals surface area (Å²) in [5, 5.41) is 0. The van der Waals surface area contributed by atoms with Crippen LogP contribution in [0, 0.1) is 5.92 Å². The number of amides is 2. The maximum Gasteiger partial charge on any atom is 0.309 e. The molecular formula is C23H28N4O4. The van der Waals surface area contributed by atoms with Crippen molar-refractivity contribution < 1.29 is 19.1 Å². The van der Waals surface area contributed by atoms with Gasteiger partial charge in [-0.2, -0.15) is 0 Å². The van der Waals surface area contributed by atoms with Gasteiger partial charge in [-0.3, -0.25) is 19.4 Å². The summed E-state index contributed by atoms with van der Waals surface area (Å²) in [4.78, 5) is 49.1. The molecule has 0 spiro atoms. The minimum atomic E-state index is -0.259. The SMILES string of the molecule is CCOC(=O)C1CCN(C(=O)CCN(Cc2ccccc2)C(=O)c2cnccn2)CC1. The summed E-state index contributed by atoms with van der Waals surface area (Å²) in [5.41, 5.74) is 1.23. The van der Waals surface area contributed by atoms with Crippen LogP contribution < -0.4 is 0 Å². The standard InChI is InChI=1S/C23H28N4O4/c1-2-31-23(30)19-8-13-26(14-9-19)21(28)10-15-27(17-18-6-4-3-5-7-18)22(29)20-16-24-11-12-25-20/h3-7,11-12,16,19H,2,8-10,13-15,17H2,1H3. The Kier molecular flexibility index (Phi) is 8.09. The lowest BCUT2D eigenvalue weighted by Crippen LogP contribution is -2.42. The van der Waals surface area contributed by atoms with Crippen LogP contribution in [0.4, 0.5) is 0 Å². The third kappa shape index (κ3) is 6.34. The van der Waals surface area contributed by atoms with Crippen LogP contribution in [0.5, 0.6) is 0 Å². The first-order valence-electron chi connectivity index (χ1n) is 10.6. The van der Waals surface area contributed by atoms with E-state index in [-0.39, 0.29) is 42.4 Å². The highest BCUT2D eigenvalue weighted by Crippen LogP contribution is 2.19. The number of carbonyl (C=O) groups is 3. The molecule has 1 aliphatic rings. The zero-order valence-corrected chi connectivity index (χ0v) is 17.8. The Morgan fingerprint density at radius 2 is 1.87 bits per heavy atom. The van der Waals surface area contributed by atoms with Crippen molar-refractivity contribution in [1.82, 2.24) is 19.8 Å². The first-order valence-corrected chi connectivity index (χ1v) is 10.6. The van der Waals surface area contributed by atoms with Gasteiger partial charge in [0.25, 0.3) is 5.91 Å². The van der Waals surface area contributed by atoms with E-state index in [2.05, 4.69) is 9.97 Å². The molecule has 0 radical (unpaired) electrons. The van der Waals surface area contributed by atoms with E-state index in [1.807, 2.05) is 30.3 Å². The van der Waals surface area contributed by atoms with Crippen LogP contribution in [0.25, 0.3) is 0 Å². The second-order valence-electron chi connectivity index (χ2n) is 7.46. The van der Waals surface area contributed by atoms with Crippen molar-refractivity contribution in [3.63, 3.8) is 0 Å². The van der Waals surface area contributed by atoms with E-state index in [0.717, 1.165) is 5.56 Å². The minimum absolute atomic E-state index is 0.0210. The van der Waals surface area contributed by atoms with Gasteiger partial charge in [0.1, 0.15) is 5.69 Å². The van der Waals surface area contributed by atoms with Gasteiger partial charge in [0.2, 0.25) is 5.91 Å². The highest BCUT2D eigenvalue weighted by Gasteiger charge is 2.28. The van der Waals surface area contributed by atoms with E-state index < -0.39 is 0 Å². The fraction of sp³-hybridized carbons (Fsp3) is 0.435. The maximum atomic E-state index is 13.0. The topological polar surface area (TPSA) is 92.7 Å². The zero-order chi connectivity index (χ0) is 22.1. The molecule has 1 aromatic carbocycles. The van der Waals surface area contributed by atoms with Crippen molar-refractivity contribution in [3.8, 4) is 0 Å². The number of carbonyl (C=O) groups excluding carboxylic acids is 3. The highest BCUT2D eigenvalue weighted by atomic mass is 16.5. The van der Waals surface area contributed by atoms with Crippen LogP contribution in [-0.2, 0) is 20.9 Å². The van der Waals surface area contributed by atoms with Crippen molar-refractivity contribution in [2.75, 3.05) is 26.2 Å². The van der Waals surface area contributed by atoms with Gasteiger partial charge < -0.3 is 14.5 Å². The van der Waals surface area contributed by atoms with Crippen LogP contribution in [0.3, 0.4) is 0 Å². The van der Waals surface area contributed by atoms with E-state index >= 15 is 0 Å². The molecule has 31 heavy (non-hydrogen) atoms. The van der Waals surface area contributed by atoms with Gasteiger partial charge in [0.05, 0.1) is 18.7 Å². The quantitative estimate of drug-likeness (QED) is 0.604. The summed E-state index contributed by atoms with van der Waals surface area (Å²) in [6, 6.07) is 9.64. The first kappa shape index (κ1) is 22.4. The van der Waals surface area contributed by atoms with Crippen LogP contribution in [0.2, 0.25) is 0 Å². The van der Waals surface area contributed by atoms with Gasteiger partial charge in [-0.05, 0) is 25.3 Å². The molecule has 164 valence electrons. The second kappa shape index (κ2) is 11.2. The Morgan fingerprint density at radius 3 is 2.52 bits per heavy atom. The van der Waals surface area contributed by atoms with Crippen LogP contribution in [0.15, 0.2) is 48.9 Å². The molecule has 0 bridgehead atoms. The maximum absolute atomic E-state index is 13.0. The van der Waals surface area contributed by atoms with Gasteiger partial charge in [-0.1, -0.05) is 30.3 Å². The Bertz CT molecular complexity index is 868. The molecule has 8 heteroatoms. The van der Waals surface area contributed by atoms with Gasteiger partial charge in [0.15, 0.2) is 0 Å². The monoisotopic (exact) mass is 424 g/mol. The Balaban J connectivity index is 1.59. The number of ether oxygens (including phenoxy) is 1. The Morgan fingerprint density at radius 1 is 1.13 bits per heavy atom. The smallest absolute Gasteiger partial charge is 0.309 e. The third-order valence-electron chi connectivity index (χ3n) is 5.35. The molecule has 0 aliphatic carbocycles. The molecule has 1 saturated heterocycles.